The van der Waals surface area contributed by atoms with Gasteiger partial charge in [0.2, 0.25) is 0 Å². The zero-order valence-corrected chi connectivity index (χ0v) is 9.55. The Balaban J connectivity index is 2.09. The molecule has 1 saturated carbocycles. The zero-order chi connectivity index (χ0) is 10.9. The average molecular weight is 240 g/mol. The van der Waals surface area contributed by atoms with E-state index in [0.29, 0.717) is 17.9 Å². The van der Waals surface area contributed by atoms with Gasteiger partial charge in [-0.25, -0.2) is 0 Å². The summed E-state index contributed by atoms with van der Waals surface area (Å²) in [4.78, 5) is 1.02. The minimum absolute atomic E-state index is 0.315. The molecule has 15 heavy (non-hydrogen) atoms. The normalized spacial score (nSPS) is 29.3. The van der Waals surface area contributed by atoms with E-state index in [1.807, 2.05) is 24.3 Å². The Labute approximate surface area is 97.9 Å². The molecule has 1 fully saturated rings. The fourth-order valence-corrected chi connectivity index (χ4v) is 3.07. The average Bonchev–Trinajstić information content (AvgIpc) is 2.18. The molecule has 0 bridgehead atoms. The van der Waals surface area contributed by atoms with Crippen LogP contribution in [-0.2, 0) is 0 Å². The van der Waals surface area contributed by atoms with Crippen LogP contribution in [0.4, 0.5) is 0 Å². The van der Waals surface area contributed by atoms with Gasteiger partial charge in [-0.2, -0.15) is 5.26 Å². The van der Waals surface area contributed by atoms with Gasteiger partial charge in [-0.1, -0.05) is 11.6 Å². The van der Waals surface area contributed by atoms with Crippen molar-refractivity contribution in [2.24, 2.45) is 0 Å². The first-order chi connectivity index (χ1) is 7.13. The number of hydrogen-bond donors (Lipinski definition) is 1. The second kappa shape index (κ2) is 4.05. The van der Waals surface area contributed by atoms with E-state index in [2.05, 4.69) is 6.07 Å². The molecule has 1 N–H and O–H groups in total. The molecule has 2 nitrogen and oxygen atoms in total. The lowest BCUT2D eigenvalue weighted by Crippen LogP contribution is -2.43. The van der Waals surface area contributed by atoms with E-state index in [4.69, 9.17) is 16.9 Å². The van der Waals surface area contributed by atoms with E-state index in [9.17, 15) is 5.11 Å². The number of aliphatic hydroxyl groups is 1. The van der Waals surface area contributed by atoms with Crippen LogP contribution in [-0.4, -0.2) is 16.0 Å². The summed E-state index contributed by atoms with van der Waals surface area (Å²) in [6.45, 7) is 0. The van der Waals surface area contributed by atoms with E-state index in [1.165, 1.54) is 11.8 Å². The quantitative estimate of drug-likeness (QED) is 0.863. The topological polar surface area (TPSA) is 44.0 Å². The fraction of sp³-hybridized carbons (Fsp3) is 0.364. The van der Waals surface area contributed by atoms with E-state index in [1.54, 1.807) is 0 Å². The van der Waals surface area contributed by atoms with Gasteiger partial charge in [0.1, 0.15) is 4.75 Å². The molecule has 0 spiro atoms. The summed E-state index contributed by atoms with van der Waals surface area (Å²) in [5, 5.41) is 19.0. The van der Waals surface area contributed by atoms with Crippen molar-refractivity contribution in [3.8, 4) is 6.07 Å². The highest BCUT2D eigenvalue weighted by Crippen LogP contribution is 2.47. The molecule has 78 valence electrons. The van der Waals surface area contributed by atoms with Gasteiger partial charge in [0.25, 0.3) is 0 Å². The summed E-state index contributed by atoms with van der Waals surface area (Å²) in [5.41, 5.74) is 0. The van der Waals surface area contributed by atoms with Gasteiger partial charge in [-0.15, -0.1) is 11.8 Å². The third-order valence-corrected chi connectivity index (χ3v) is 4.04. The van der Waals surface area contributed by atoms with Crippen LogP contribution in [0.3, 0.4) is 0 Å². The van der Waals surface area contributed by atoms with E-state index >= 15 is 0 Å². The highest BCUT2D eigenvalue weighted by atomic mass is 35.5. The van der Waals surface area contributed by atoms with Gasteiger partial charge in [-0.05, 0) is 24.3 Å². The maximum atomic E-state index is 9.25. The van der Waals surface area contributed by atoms with Crippen molar-refractivity contribution in [1.29, 1.82) is 5.26 Å². The van der Waals surface area contributed by atoms with Crippen LogP contribution in [0.1, 0.15) is 12.8 Å². The largest absolute Gasteiger partial charge is 0.393 e. The maximum absolute atomic E-state index is 9.25. The van der Waals surface area contributed by atoms with Gasteiger partial charge in [0, 0.05) is 22.8 Å². The Bertz CT molecular complexity index is 392. The summed E-state index contributed by atoms with van der Waals surface area (Å²) in [6, 6.07) is 9.70. The van der Waals surface area contributed by atoms with Gasteiger partial charge >= 0.3 is 0 Å². The Morgan fingerprint density at radius 1 is 1.40 bits per heavy atom. The van der Waals surface area contributed by atoms with Crippen LogP contribution < -0.4 is 0 Å². The minimum Gasteiger partial charge on any atom is -0.393 e. The lowest BCUT2D eigenvalue weighted by atomic mass is 9.82. The van der Waals surface area contributed by atoms with Gasteiger partial charge in [-0.3, -0.25) is 0 Å². The van der Waals surface area contributed by atoms with Crippen molar-refractivity contribution < 1.29 is 5.11 Å². The number of rotatable bonds is 2. The number of thioether (sulfide) groups is 1. The van der Waals surface area contributed by atoms with Crippen LogP contribution >= 0.6 is 23.4 Å². The van der Waals surface area contributed by atoms with Crippen LogP contribution in [0.15, 0.2) is 29.2 Å². The molecule has 0 radical (unpaired) electrons. The summed E-state index contributed by atoms with van der Waals surface area (Å²) >= 11 is 7.28. The molecule has 4 heteroatoms. The first kappa shape index (κ1) is 10.8. The predicted molar refractivity (Wildman–Crippen MR) is 60.9 cm³/mol. The smallest absolute Gasteiger partial charge is 0.112 e. The van der Waals surface area contributed by atoms with Crippen molar-refractivity contribution in [2.45, 2.75) is 28.6 Å². The lowest BCUT2D eigenvalue weighted by Gasteiger charge is -2.38. The van der Waals surface area contributed by atoms with E-state index in [0.717, 1.165) is 4.90 Å². The molecule has 0 amide bonds. The van der Waals surface area contributed by atoms with Crippen molar-refractivity contribution in [3.63, 3.8) is 0 Å². The first-order valence-electron chi connectivity index (χ1n) is 4.67. The van der Waals surface area contributed by atoms with Crippen molar-refractivity contribution in [1.82, 2.24) is 0 Å². The van der Waals surface area contributed by atoms with Crippen molar-refractivity contribution >= 4 is 23.4 Å². The Morgan fingerprint density at radius 2 is 2.00 bits per heavy atom. The van der Waals surface area contributed by atoms with Gasteiger partial charge < -0.3 is 5.11 Å². The summed E-state index contributed by atoms with van der Waals surface area (Å²) in [7, 11) is 0. The van der Waals surface area contributed by atoms with Crippen LogP contribution in [0.25, 0.3) is 0 Å². The Hall–Kier alpha value is -0.690. The maximum Gasteiger partial charge on any atom is 0.112 e. The second-order valence-electron chi connectivity index (χ2n) is 3.72. The first-order valence-corrected chi connectivity index (χ1v) is 5.87. The third kappa shape index (κ3) is 2.28. The number of halogens is 1. The van der Waals surface area contributed by atoms with Crippen LogP contribution in [0, 0.1) is 11.3 Å². The van der Waals surface area contributed by atoms with E-state index in [-0.39, 0.29) is 6.10 Å². The molecule has 1 aromatic rings. The van der Waals surface area contributed by atoms with Gasteiger partial charge in [0.15, 0.2) is 0 Å². The molecule has 0 unspecified atom stereocenters. The second-order valence-corrected chi connectivity index (χ2v) is 5.62. The number of benzene rings is 1. The molecule has 2 rings (SSSR count). The van der Waals surface area contributed by atoms with Crippen molar-refractivity contribution in [3.05, 3.63) is 29.3 Å². The highest BCUT2D eigenvalue weighted by molar-refractivity contribution is 8.01. The molecule has 0 heterocycles. The van der Waals surface area contributed by atoms with Gasteiger partial charge in [0.05, 0.1) is 12.2 Å². The summed E-state index contributed by atoms with van der Waals surface area (Å²) in [5.74, 6) is 0. The Morgan fingerprint density at radius 3 is 2.47 bits per heavy atom. The summed E-state index contributed by atoms with van der Waals surface area (Å²) in [6.07, 6.45) is 0.789. The molecule has 1 aromatic carbocycles. The zero-order valence-electron chi connectivity index (χ0n) is 7.98. The fourth-order valence-electron chi connectivity index (χ4n) is 1.63. The third-order valence-electron chi connectivity index (χ3n) is 2.46. The molecule has 1 aliphatic rings. The molecular weight excluding hydrogens is 230 g/mol. The SMILES string of the molecule is N#CC1(Sc2ccc(Cl)cc2)CC(O)C1. The number of nitrogens with zero attached hydrogens (tertiary/aromatic N) is 1. The Kier molecular flexibility index (Phi) is 2.92. The molecule has 0 aromatic heterocycles. The molecule has 0 saturated heterocycles. The number of nitriles is 1. The lowest BCUT2D eigenvalue weighted by molar-refractivity contribution is 0.0803. The molecular formula is C11H10ClNOS. The minimum atomic E-state index is -0.437. The number of aliphatic hydroxyl groups excluding tert-OH is 1. The highest BCUT2D eigenvalue weighted by Gasteiger charge is 2.44. The van der Waals surface area contributed by atoms with Crippen LogP contribution in [0.2, 0.25) is 5.02 Å². The van der Waals surface area contributed by atoms with Crippen molar-refractivity contribution in [2.75, 3.05) is 0 Å². The molecule has 0 atom stereocenters. The molecule has 1 aliphatic carbocycles. The van der Waals surface area contributed by atoms with E-state index < -0.39 is 4.75 Å². The number of hydrogen-bond acceptors (Lipinski definition) is 3. The van der Waals surface area contributed by atoms with Crippen LogP contribution in [0.5, 0.6) is 0 Å². The predicted octanol–water partition coefficient (Wildman–Crippen LogP) is 2.85. The monoisotopic (exact) mass is 239 g/mol. The summed E-state index contributed by atoms with van der Waals surface area (Å²) < 4.78 is -0.437. The standard InChI is InChI=1S/C11H10ClNOS/c12-8-1-3-10(4-2-8)15-11(7-13)5-9(14)6-11/h1-4,9,14H,5-6H2. The molecule has 0 aliphatic heterocycles.